The van der Waals surface area contributed by atoms with E-state index in [1.165, 1.54) is 0 Å². The predicted octanol–water partition coefficient (Wildman–Crippen LogP) is 2.29. The fourth-order valence-corrected chi connectivity index (χ4v) is 5.76. The lowest BCUT2D eigenvalue weighted by Crippen LogP contribution is -2.50. The lowest BCUT2D eigenvalue weighted by atomic mass is 9.65. The number of cyclic esters (lactones) is 4. The second kappa shape index (κ2) is 5.76. The minimum Gasteiger partial charge on any atom is -0.389 e. The van der Waals surface area contributed by atoms with E-state index in [1.807, 2.05) is 6.92 Å². The molecular weight excluding hydrogens is 452 g/mol. The first-order chi connectivity index (χ1) is 14.1. The highest BCUT2D eigenvalue weighted by Crippen LogP contribution is 2.48. The highest BCUT2D eigenvalue weighted by atomic mass is 79.9. The molecule has 0 radical (unpaired) electrons. The molecule has 2 heterocycles. The molecule has 0 saturated heterocycles. The van der Waals surface area contributed by atoms with E-state index in [9.17, 15) is 19.2 Å². The van der Waals surface area contributed by atoms with Crippen molar-refractivity contribution in [2.24, 2.45) is 5.92 Å². The van der Waals surface area contributed by atoms with Gasteiger partial charge in [0.15, 0.2) is 0 Å². The third kappa shape index (κ3) is 2.03. The summed E-state index contributed by atoms with van der Waals surface area (Å²) in [7, 11) is 0. The third-order valence-corrected chi connectivity index (χ3v) is 7.28. The SMILES string of the molecule is C=c1c2ccc3c1=C(C(=O)OC3=O)C(C)C1(C)C(=O)OC(=O)c3cc(Br)c-2c(C)c31. The Hall–Kier alpha value is -3.06. The first-order valence-electron chi connectivity index (χ1n) is 9.32. The summed E-state index contributed by atoms with van der Waals surface area (Å²) in [6.07, 6.45) is 0. The molecule has 6 nitrogen and oxygen atoms in total. The molecule has 0 saturated carbocycles. The zero-order valence-electron chi connectivity index (χ0n) is 16.3. The van der Waals surface area contributed by atoms with Crippen LogP contribution in [0.15, 0.2) is 22.7 Å². The molecule has 30 heavy (non-hydrogen) atoms. The third-order valence-electron chi connectivity index (χ3n) is 6.65. The lowest BCUT2D eigenvalue weighted by molar-refractivity contribution is -0.146. The van der Waals surface area contributed by atoms with E-state index in [-0.39, 0.29) is 16.7 Å². The van der Waals surface area contributed by atoms with Crippen LogP contribution in [-0.2, 0) is 24.5 Å². The van der Waals surface area contributed by atoms with Gasteiger partial charge in [-0.2, -0.15) is 0 Å². The minimum atomic E-state index is -1.35. The van der Waals surface area contributed by atoms with Gasteiger partial charge in [-0.25, -0.2) is 14.4 Å². The maximum absolute atomic E-state index is 13.1. The van der Waals surface area contributed by atoms with Crippen LogP contribution >= 0.6 is 15.9 Å². The summed E-state index contributed by atoms with van der Waals surface area (Å²) in [5.74, 6) is -3.80. The summed E-state index contributed by atoms with van der Waals surface area (Å²) >= 11 is 3.54. The van der Waals surface area contributed by atoms with Crippen molar-refractivity contribution in [3.63, 3.8) is 0 Å². The number of esters is 4. The fourth-order valence-electron chi connectivity index (χ4n) is 5.02. The Morgan fingerprint density at radius 1 is 1.00 bits per heavy atom. The van der Waals surface area contributed by atoms with Crippen molar-refractivity contribution in [3.05, 3.63) is 55.4 Å². The first kappa shape index (κ1) is 18.9. The maximum atomic E-state index is 13.1. The second-order valence-electron chi connectivity index (χ2n) is 7.99. The molecule has 4 bridgehead atoms. The Bertz CT molecular complexity index is 1390. The van der Waals surface area contributed by atoms with E-state index in [4.69, 9.17) is 9.47 Å². The van der Waals surface area contributed by atoms with Gasteiger partial charge in [0.1, 0.15) is 0 Å². The Morgan fingerprint density at radius 2 is 1.63 bits per heavy atom. The Labute approximate surface area is 179 Å². The van der Waals surface area contributed by atoms with Gasteiger partial charge in [-0.1, -0.05) is 35.5 Å². The predicted molar refractivity (Wildman–Crippen MR) is 110 cm³/mol. The van der Waals surface area contributed by atoms with Gasteiger partial charge >= 0.3 is 23.9 Å². The molecule has 7 heteroatoms. The summed E-state index contributed by atoms with van der Waals surface area (Å²) in [4.78, 5) is 51.0. The molecular formula is C23H15BrO6. The van der Waals surface area contributed by atoms with Gasteiger partial charge in [-0.05, 0) is 53.5 Å². The highest BCUT2D eigenvalue weighted by Gasteiger charge is 2.53. The zero-order chi connectivity index (χ0) is 21.7. The molecule has 2 aromatic rings. The molecule has 2 aliphatic heterocycles. The zero-order valence-corrected chi connectivity index (χ0v) is 17.9. The summed E-state index contributed by atoms with van der Waals surface area (Å²) in [6.45, 7) is 9.37. The Kier molecular flexibility index (Phi) is 3.63. The molecule has 2 aromatic carbocycles. The molecule has 5 rings (SSSR count). The average molecular weight is 467 g/mol. The molecule has 0 spiro atoms. The first-order valence-corrected chi connectivity index (χ1v) is 10.1. The van der Waals surface area contributed by atoms with Gasteiger partial charge in [-0.3, -0.25) is 4.79 Å². The van der Waals surface area contributed by atoms with Crippen LogP contribution < -0.4 is 10.4 Å². The van der Waals surface area contributed by atoms with Crippen molar-refractivity contribution >= 4 is 52.0 Å². The van der Waals surface area contributed by atoms with E-state index in [1.54, 1.807) is 32.0 Å². The number of rotatable bonds is 0. The van der Waals surface area contributed by atoms with Crippen LogP contribution in [0, 0.1) is 12.8 Å². The number of halogens is 1. The van der Waals surface area contributed by atoms with Crippen molar-refractivity contribution in [3.8, 4) is 11.1 Å². The Morgan fingerprint density at radius 3 is 2.33 bits per heavy atom. The van der Waals surface area contributed by atoms with E-state index < -0.39 is 35.2 Å². The summed E-state index contributed by atoms with van der Waals surface area (Å²) in [5.41, 5.74) is 1.97. The highest BCUT2D eigenvalue weighted by molar-refractivity contribution is 9.10. The van der Waals surface area contributed by atoms with Crippen molar-refractivity contribution in [1.29, 1.82) is 0 Å². The standard InChI is InChI=1S/C23H15BrO6/c1-8-11-5-6-12-16(8)17(21(27)29-19(12)25)10(3)23(4)18-9(2)15(11)14(24)7-13(18)20(26)30-22(23)28/h5-7,10H,1H2,2-4H3. The van der Waals surface area contributed by atoms with E-state index >= 15 is 0 Å². The normalized spacial score (nSPS) is 24.0. The van der Waals surface area contributed by atoms with E-state index in [2.05, 4.69) is 22.5 Å². The number of fused-ring (bicyclic) bond motifs is 3. The van der Waals surface area contributed by atoms with Crippen LogP contribution in [-0.4, -0.2) is 23.9 Å². The van der Waals surface area contributed by atoms with Gasteiger partial charge in [0.25, 0.3) is 0 Å². The van der Waals surface area contributed by atoms with Crippen LogP contribution in [0.1, 0.15) is 45.7 Å². The topological polar surface area (TPSA) is 86.7 Å². The maximum Gasteiger partial charge on any atom is 0.346 e. The molecule has 0 amide bonds. The fraction of sp³-hybridized carbons (Fsp3) is 0.217. The van der Waals surface area contributed by atoms with Crippen LogP contribution in [0.25, 0.3) is 23.3 Å². The summed E-state index contributed by atoms with van der Waals surface area (Å²) in [6, 6.07) is 4.98. The Balaban J connectivity index is 2.11. The van der Waals surface area contributed by atoms with Crippen LogP contribution in [0.4, 0.5) is 0 Å². The molecule has 1 aliphatic carbocycles. The number of carbonyl (C=O) groups is 4. The van der Waals surface area contributed by atoms with E-state index in [0.717, 1.165) is 5.56 Å². The average Bonchev–Trinajstić information content (AvgIpc) is 2.68. The number of hydrogen-bond donors (Lipinski definition) is 0. The number of hydrogen-bond acceptors (Lipinski definition) is 6. The van der Waals surface area contributed by atoms with Gasteiger partial charge in [0, 0.05) is 15.6 Å². The van der Waals surface area contributed by atoms with E-state index in [0.29, 0.717) is 31.6 Å². The van der Waals surface area contributed by atoms with Crippen molar-refractivity contribution in [2.45, 2.75) is 26.2 Å². The van der Waals surface area contributed by atoms with Gasteiger partial charge in [0.2, 0.25) is 0 Å². The van der Waals surface area contributed by atoms with Gasteiger partial charge < -0.3 is 9.47 Å². The quantitative estimate of drug-likeness (QED) is 0.437. The number of benzene rings is 2. The van der Waals surface area contributed by atoms with Crippen molar-refractivity contribution in [1.82, 2.24) is 0 Å². The molecule has 0 fully saturated rings. The number of ether oxygens (including phenoxy) is 2. The van der Waals surface area contributed by atoms with Crippen LogP contribution in [0.3, 0.4) is 0 Å². The molecule has 0 aromatic heterocycles. The van der Waals surface area contributed by atoms with Crippen molar-refractivity contribution in [2.75, 3.05) is 0 Å². The molecule has 3 aliphatic rings. The summed E-state index contributed by atoms with van der Waals surface area (Å²) < 4.78 is 10.7. The van der Waals surface area contributed by atoms with Crippen LogP contribution in [0.5, 0.6) is 0 Å². The number of carbonyl (C=O) groups excluding carboxylic acids is 4. The largest absolute Gasteiger partial charge is 0.389 e. The second-order valence-corrected chi connectivity index (χ2v) is 8.84. The molecule has 150 valence electrons. The summed E-state index contributed by atoms with van der Waals surface area (Å²) in [5, 5.41) is 0.868. The smallest absolute Gasteiger partial charge is 0.346 e. The van der Waals surface area contributed by atoms with Crippen LogP contribution in [0.2, 0.25) is 0 Å². The van der Waals surface area contributed by atoms with Gasteiger partial charge in [0.05, 0.1) is 22.1 Å². The van der Waals surface area contributed by atoms with Crippen molar-refractivity contribution < 1.29 is 28.7 Å². The molecule has 2 unspecified atom stereocenters. The lowest BCUT2D eigenvalue weighted by Gasteiger charge is -2.39. The molecule has 0 N–H and O–H groups in total. The molecule has 2 atom stereocenters. The minimum absolute atomic E-state index is 0.175. The monoisotopic (exact) mass is 466 g/mol. The van der Waals surface area contributed by atoms with Gasteiger partial charge in [-0.15, -0.1) is 0 Å².